The molecule has 0 aliphatic heterocycles. The van der Waals surface area contributed by atoms with Crippen molar-refractivity contribution in [1.82, 2.24) is 16.0 Å². The maximum absolute atomic E-state index is 13.3. The SMILES string of the molecule is CCCCCCCC/C=C\CCCCCCCC(=O)OCC(C[N+](C)(C)CCNC(=O)C(CCCNCCCN)NCCCN)OC(=O)CCCCCCC/C=C\CCCCCCCC.O=C([O-])C(F)(F)F. The molecule has 0 aromatic heterocycles. The van der Waals surface area contributed by atoms with Crippen molar-refractivity contribution < 1.29 is 51.4 Å². The molecular weight excluding hydrogens is 926 g/mol. The largest absolute Gasteiger partial charge is 0.542 e. The fourth-order valence-corrected chi connectivity index (χ4v) is 8.04. The number of carboxylic acid groups (broad SMARTS) is 1. The second-order valence-electron chi connectivity index (χ2n) is 20.1. The summed E-state index contributed by atoms with van der Waals surface area (Å²) in [7, 11) is 4.13. The van der Waals surface area contributed by atoms with Gasteiger partial charge in [0.05, 0.1) is 33.2 Å². The number of rotatable bonds is 50. The number of carbonyl (C=O) groups is 4. The Morgan fingerprint density at radius 1 is 0.583 bits per heavy atom. The number of amides is 1. The van der Waals surface area contributed by atoms with Crippen molar-refractivity contribution in [2.45, 2.75) is 238 Å². The maximum atomic E-state index is 13.3. The Hall–Kier alpha value is -3.05. The van der Waals surface area contributed by atoms with Gasteiger partial charge in [0.25, 0.3) is 0 Å². The van der Waals surface area contributed by atoms with Gasteiger partial charge in [0.15, 0.2) is 6.10 Å². The van der Waals surface area contributed by atoms with E-state index in [1.807, 2.05) is 0 Å². The topological polar surface area (TPSA) is 198 Å². The molecule has 0 saturated heterocycles. The van der Waals surface area contributed by atoms with Gasteiger partial charge in [-0.15, -0.1) is 0 Å². The number of allylic oxidation sites excluding steroid dienone is 4. The third-order valence-electron chi connectivity index (χ3n) is 12.5. The van der Waals surface area contributed by atoms with Crippen LogP contribution in [0.3, 0.4) is 0 Å². The molecule has 72 heavy (non-hydrogen) atoms. The minimum atomic E-state index is -5.19. The molecule has 0 aromatic rings. The molecule has 0 spiro atoms. The number of nitrogens with two attached hydrogens (primary N) is 2. The number of unbranched alkanes of at least 4 members (excludes halogenated alkanes) is 22. The Balaban J connectivity index is 0. The zero-order chi connectivity index (χ0) is 53.8. The number of ether oxygens (including phenoxy) is 2. The van der Waals surface area contributed by atoms with Crippen LogP contribution in [0.5, 0.6) is 0 Å². The molecule has 0 aliphatic rings. The summed E-state index contributed by atoms with van der Waals surface area (Å²) in [5, 5.41) is 18.7. The zero-order valence-corrected chi connectivity index (χ0v) is 46.0. The highest BCUT2D eigenvalue weighted by Gasteiger charge is 2.29. The number of carboxylic acids is 1. The van der Waals surface area contributed by atoms with E-state index in [1.54, 1.807) is 0 Å². The smallest absolute Gasteiger partial charge is 0.430 e. The Morgan fingerprint density at radius 3 is 1.46 bits per heavy atom. The van der Waals surface area contributed by atoms with E-state index in [0.29, 0.717) is 56.6 Å². The number of hydrogen-bond donors (Lipinski definition) is 5. The van der Waals surface area contributed by atoms with Gasteiger partial charge in [-0.25, -0.2) is 0 Å². The van der Waals surface area contributed by atoms with Crippen LogP contribution < -0.4 is 32.5 Å². The van der Waals surface area contributed by atoms with Crippen molar-refractivity contribution in [1.29, 1.82) is 0 Å². The van der Waals surface area contributed by atoms with Crippen LogP contribution in [-0.4, -0.2) is 120 Å². The summed E-state index contributed by atoms with van der Waals surface area (Å²) < 4.78 is 43.8. The number of quaternary nitrogens is 1. The summed E-state index contributed by atoms with van der Waals surface area (Å²) in [5.74, 6) is -3.50. The van der Waals surface area contributed by atoms with Crippen LogP contribution in [0.25, 0.3) is 0 Å². The van der Waals surface area contributed by atoms with E-state index in [2.05, 4.69) is 68.2 Å². The van der Waals surface area contributed by atoms with Crippen molar-refractivity contribution in [3.63, 3.8) is 0 Å². The lowest BCUT2D eigenvalue weighted by atomic mass is 10.1. The molecule has 0 aromatic carbocycles. The quantitative estimate of drug-likeness (QED) is 0.0168. The molecule has 0 saturated carbocycles. The molecule has 0 fully saturated rings. The van der Waals surface area contributed by atoms with Gasteiger partial charge >= 0.3 is 18.1 Å². The van der Waals surface area contributed by atoms with Crippen molar-refractivity contribution in [2.75, 3.05) is 73.1 Å². The first-order chi connectivity index (χ1) is 34.6. The Labute approximate surface area is 436 Å². The summed E-state index contributed by atoms with van der Waals surface area (Å²) in [6, 6.07) is -0.292. The van der Waals surface area contributed by atoms with Crippen LogP contribution in [-0.2, 0) is 28.7 Å². The first kappa shape index (κ1) is 71.0. The molecule has 0 heterocycles. The van der Waals surface area contributed by atoms with Gasteiger partial charge in [-0.05, 0) is 123 Å². The number of nitrogens with zero attached hydrogens (tertiary/aromatic N) is 1. The van der Waals surface area contributed by atoms with Crippen molar-refractivity contribution in [2.24, 2.45) is 11.5 Å². The molecule has 0 bridgehead atoms. The molecule has 2 unspecified atom stereocenters. The third kappa shape index (κ3) is 51.8. The summed E-state index contributed by atoms with van der Waals surface area (Å²) in [5.41, 5.74) is 11.3. The molecule has 13 nitrogen and oxygen atoms in total. The fourth-order valence-electron chi connectivity index (χ4n) is 8.04. The van der Waals surface area contributed by atoms with E-state index < -0.39 is 18.2 Å². The average Bonchev–Trinajstić information content (AvgIpc) is 3.33. The lowest BCUT2D eigenvalue weighted by molar-refractivity contribution is -0.892. The minimum absolute atomic E-state index is 0.0171. The van der Waals surface area contributed by atoms with E-state index >= 15 is 0 Å². The third-order valence-corrected chi connectivity index (χ3v) is 12.5. The van der Waals surface area contributed by atoms with Gasteiger partial charge in [0.2, 0.25) is 5.91 Å². The predicted molar refractivity (Wildman–Crippen MR) is 287 cm³/mol. The second-order valence-corrected chi connectivity index (χ2v) is 20.1. The lowest BCUT2D eigenvalue weighted by Crippen LogP contribution is -2.53. The number of alkyl halides is 3. The molecular formula is C56H107F3N6O7. The Morgan fingerprint density at radius 2 is 1.00 bits per heavy atom. The maximum Gasteiger partial charge on any atom is 0.430 e. The predicted octanol–water partition coefficient (Wildman–Crippen LogP) is 10.0. The molecule has 0 aliphatic carbocycles. The van der Waals surface area contributed by atoms with E-state index in [-0.39, 0.29) is 30.5 Å². The highest BCUT2D eigenvalue weighted by molar-refractivity contribution is 5.81. The normalized spacial score (nSPS) is 12.7. The van der Waals surface area contributed by atoms with Gasteiger partial charge in [-0.2, -0.15) is 13.2 Å². The first-order valence-corrected chi connectivity index (χ1v) is 28.5. The summed E-state index contributed by atoms with van der Waals surface area (Å²) in [4.78, 5) is 48.1. The number of halogens is 3. The average molecular weight is 1030 g/mol. The number of nitrogens with one attached hydrogen (secondary N) is 3. The van der Waals surface area contributed by atoms with E-state index in [9.17, 15) is 27.6 Å². The summed E-state index contributed by atoms with van der Waals surface area (Å²) in [6.07, 6.45) is 39.1. The molecule has 0 rings (SSSR count). The van der Waals surface area contributed by atoms with Crippen LogP contribution in [0.1, 0.15) is 219 Å². The minimum Gasteiger partial charge on any atom is -0.542 e. The molecule has 1 amide bonds. The molecule has 7 N–H and O–H groups in total. The highest BCUT2D eigenvalue weighted by atomic mass is 19.4. The summed E-state index contributed by atoms with van der Waals surface area (Å²) >= 11 is 0. The standard InChI is InChI=1S/C54H106N6O5.C2HF3O2/c1-5-7-9-11-13-15-17-19-21-23-25-27-29-31-33-39-52(61)64-49-50(65-53(62)40-34-32-30-28-26-24-22-20-18-16-14-12-10-8-6-2)48-60(3,4)47-46-59-54(63)51(58-45-37-42-56)38-35-43-57-44-36-41-55;3-2(4,5)1(6)7/h19-22,50-51,57-58H,5-18,23-49,55-56H2,1-4H3;(H,6,7)/b21-19-,22-20-;. The van der Waals surface area contributed by atoms with E-state index in [4.69, 9.17) is 30.8 Å². The zero-order valence-electron chi connectivity index (χ0n) is 46.0. The van der Waals surface area contributed by atoms with Gasteiger partial charge in [-0.1, -0.05) is 141 Å². The van der Waals surface area contributed by atoms with Gasteiger partial charge < -0.3 is 51.3 Å². The monoisotopic (exact) mass is 1030 g/mol. The van der Waals surface area contributed by atoms with Crippen molar-refractivity contribution in [3.8, 4) is 0 Å². The van der Waals surface area contributed by atoms with Crippen LogP contribution in [0.2, 0.25) is 0 Å². The van der Waals surface area contributed by atoms with Gasteiger partial charge in [-0.3, -0.25) is 14.4 Å². The number of likely N-dealkylation sites (N-methyl/N-ethyl adjacent to an activating group) is 1. The number of aliphatic carboxylic acids is 1. The highest BCUT2D eigenvalue weighted by Crippen LogP contribution is 2.15. The first-order valence-electron chi connectivity index (χ1n) is 28.5. The number of hydrogen-bond acceptors (Lipinski definition) is 11. The van der Waals surface area contributed by atoms with Crippen LogP contribution in [0, 0.1) is 0 Å². The van der Waals surface area contributed by atoms with E-state index in [1.165, 1.54) is 116 Å². The number of carbonyl (C=O) groups excluding carboxylic acids is 4. The molecule has 2 atom stereocenters. The summed E-state index contributed by atoms with van der Waals surface area (Å²) in [6.45, 7) is 9.80. The van der Waals surface area contributed by atoms with Crippen LogP contribution in [0.4, 0.5) is 13.2 Å². The number of esters is 2. The fraction of sp³-hybridized carbons (Fsp3) is 0.857. The van der Waals surface area contributed by atoms with E-state index in [0.717, 1.165) is 90.1 Å². The van der Waals surface area contributed by atoms with Crippen LogP contribution in [0.15, 0.2) is 24.3 Å². The van der Waals surface area contributed by atoms with Crippen molar-refractivity contribution >= 4 is 23.8 Å². The van der Waals surface area contributed by atoms with Crippen LogP contribution >= 0.6 is 0 Å². The van der Waals surface area contributed by atoms with Gasteiger partial charge in [0.1, 0.15) is 19.1 Å². The molecule has 424 valence electrons. The molecule has 0 radical (unpaired) electrons. The molecule has 16 heteroatoms. The second kappa shape index (κ2) is 51.4. The Bertz CT molecular complexity index is 1340. The van der Waals surface area contributed by atoms with Gasteiger partial charge in [0, 0.05) is 12.8 Å². The Kier molecular flexibility index (Phi) is 50.7. The lowest BCUT2D eigenvalue weighted by Gasteiger charge is -2.33. The van der Waals surface area contributed by atoms with Crippen molar-refractivity contribution in [3.05, 3.63) is 24.3 Å².